The number of aromatic nitrogens is 1. The first-order valence-electron chi connectivity index (χ1n) is 11.3. The van der Waals surface area contributed by atoms with Gasteiger partial charge in [0.15, 0.2) is 6.61 Å². The molecule has 0 spiro atoms. The highest BCUT2D eigenvalue weighted by molar-refractivity contribution is 5.95. The maximum Gasteiger partial charge on any atom is 0.257 e. The summed E-state index contributed by atoms with van der Waals surface area (Å²) in [7, 11) is 0. The minimum atomic E-state index is -0.171. The Morgan fingerprint density at radius 3 is 2.39 bits per heavy atom. The Balaban J connectivity index is 1.51. The predicted molar refractivity (Wildman–Crippen MR) is 133 cm³/mol. The highest BCUT2D eigenvalue weighted by atomic mass is 16.5. The molecule has 1 aromatic heterocycles. The monoisotopic (exact) mass is 440 g/mol. The normalized spacial score (nSPS) is 10.8. The van der Waals surface area contributed by atoms with E-state index in [1.807, 2.05) is 85.8 Å². The topological polar surface area (TPSA) is 60.3 Å². The molecular weight excluding hydrogens is 412 g/mol. The summed E-state index contributed by atoms with van der Waals surface area (Å²) in [5.74, 6) is 0.394. The third-order valence-corrected chi connectivity index (χ3v) is 5.56. The Labute approximate surface area is 193 Å². The third kappa shape index (κ3) is 5.50. The van der Waals surface area contributed by atoms with Crippen LogP contribution in [-0.2, 0) is 17.8 Å². The van der Waals surface area contributed by atoms with Gasteiger partial charge in [-0.1, -0.05) is 67.6 Å². The number of rotatable bonds is 9. The average molecular weight is 441 g/mol. The Hall–Kier alpha value is -3.86. The number of ether oxygens (including phenoxy) is 1. The van der Waals surface area contributed by atoms with Crippen LogP contribution in [0.4, 0.5) is 0 Å². The molecule has 1 amide bonds. The number of carbonyl (C=O) groups excluding carboxylic acids is 1. The number of amides is 1. The maximum absolute atomic E-state index is 12.9. The van der Waals surface area contributed by atoms with Crippen molar-refractivity contribution in [3.05, 3.63) is 101 Å². The summed E-state index contributed by atoms with van der Waals surface area (Å²) < 4.78 is 7.54. The van der Waals surface area contributed by atoms with Crippen LogP contribution < -0.4 is 15.6 Å². The van der Waals surface area contributed by atoms with Crippen molar-refractivity contribution in [2.75, 3.05) is 13.2 Å². The smallest absolute Gasteiger partial charge is 0.257 e. The van der Waals surface area contributed by atoms with Crippen LogP contribution in [0.3, 0.4) is 0 Å². The summed E-state index contributed by atoms with van der Waals surface area (Å²) >= 11 is 0. The third-order valence-electron chi connectivity index (χ3n) is 5.56. The lowest BCUT2D eigenvalue weighted by molar-refractivity contribution is -0.123. The van der Waals surface area contributed by atoms with Crippen molar-refractivity contribution in [2.24, 2.45) is 0 Å². The lowest BCUT2D eigenvalue weighted by Gasteiger charge is -2.15. The molecule has 0 radical (unpaired) electrons. The molecule has 0 aliphatic rings. The molecule has 5 nitrogen and oxygen atoms in total. The molecule has 0 bridgehead atoms. The van der Waals surface area contributed by atoms with E-state index in [-0.39, 0.29) is 18.1 Å². The van der Waals surface area contributed by atoms with Crippen molar-refractivity contribution in [3.8, 4) is 16.9 Å². The summed E-state index contributed by atoms with van der Waals surface area (Å²) in [6.45, 7) is 3.15. The second-order valence-electron chi connectivity index (χ2n) is 7.97. The highest BCUT2D eigenvalue weighted by Gasteiger charge is 2.12. The molecule has 0 saturated carbocycles. The van der Waals surface area contributed by atoms with E-state index in [0.717, 1.165) is 34.9 Å². The van der Waals surface area contributed by atoms with Gasteiger partial charge in [0.05, 0.1) is 5.52 Å². The molecule has 3 aromatic carbocycles. The van der Waals surface area contributed by atoms with Gasteiger partial charge in [0.25, 0.3) is 11.5 Å². The van der Waals surface area contributed by atoms with E-state index in [1.165, 1.54) is 5.56 Å². The molecule has 4 rings (SSSR count). The molecule has 0 atom stereocenters. The maximum atomic E-state index is 12.9. The van der Waals surface area contributed by atoms with Gasteiger partial charge >= 0.3 is 0 Å². The van der Waals surface area contributed by atoms with Gasteiger partial charge in [0.1, 0.15) is 5.75 Å². The van der Waals surface area contributed by atoms with Gasteiger partial charge in [0.2, 0.25) is 0 Å². The Morgan fingerprint density at radius 2 is 1.67 bits per heavy atom. The molecule has 5 heteroatoms. The summed E-state index contributed by atoms with van der Waals surface area (Å²) in [6.07, 6.45) is 1.61. The number of benzene rings is 3. The van der Waals surface area contributed by atoms with Crippen molar-refractivity contribution in [2.45, 2.75) is 26.3 Å². The Kier molecular flexibility index (Phi) is 7.20. The van der Waals surface area contributed by atoms with E-state index in [4.69, 9.17) is 4.74 Å². The zero-order valence-corrected chi connectivity index (χ0v) is 18.8. The molecule has 0 unspecified atom stereocenters. The van der Waals surface area contributed by atoms with Gasteiger partial charge in [-0.05, 0) is 41.7 Å². The minimum Gasteiger partial charge on any atom is -0.484 e. The molecule has 4 aromatic rings. The lowest BCUT2D eigenvalue weighted by Crippen LogP contribution is -2.30. The quantitative estimate of drug-likeness (QED) is 0.406. The van der Waals surface area contributed by atoms with Crippen LogP contribution in [0.2, 0.25) is 0 Å². The zero-order chi connectivity index (χ0) is 23.0. The molecule has 0 aliphatic heterocycles. The number of aryl methyl sites for hydroxylation is 1. The summed E-state index contributed by atoms with van der Waals surface area (Å²) in [5.41, 5.74) is 3.84. The zero-order valence-electron chi connectivity index (χ0n) is 18.8. The number of hydrogen-bond acceptors (Lipinski definition) is 3. The number of nitrogens with one attached hydrogen (secondary N) is 1. The number of pyridine rings is 1. The Morgan fingerprint density at radius 1 is 0.939 bits per heavy atom. The first-order valence-corrected chi connectivity index (χ1v) is 11.3. The largest absolute Gasteiger partial charge is 0.484 e. The minimum absolute atomic E-state index is 0.0426. The summed E-state index contributed by atoms with van der Waals surface area (Å²) in [4.78, 5) is 25.1. The SMILES string of the molecule is CCCn1c(=O)cc(-c2ccccc2)c2ccc(OCC(=O)NCCc3ccccc3)cc21. The molecule has 0 fully saturated rings. The van der Waals surface area contributed by atoms with Gasteiger partial charge in [-0.2, -0.15) is 0 Å². The van der Waals surface area contributed by atoms with E-state index >= 15 is 0 Å². The van der Waals surface area contributed by atoms with Gasteiger partial charge in [0, 0.05) is 30.6 Å². The number of carbonyl (C=O) groups is 1. The molecule has 168 valence electrons. The van der Waals surface area contributed by atoms with Crippen LogP contribution in [-0.4, -0.2) is 23.6 Å². The highest BCUT2D eigenvalue weighted by Crippen LogP contribution is 2.29. The van der Waals surface area contributed by atoms with Crippen molar-refractivity contribution < 1.29 is 9.53 Å². The number of nitrogens with zero attached hydrogens (tertiary/aromatic N) is 1. The van der Waals surface area contributed by atoms with Gasteiger partial charge in [-0.3, -0.25) is 9.59 Å². The van der Waals surface area contributed by atoms with Crippen LogP contribution >= 0.6 is 0 Å². The van der Waals surface area contributed by atoms with Crippen LogP contribution in [0, 0.1) is 0 Å². The van der Waals surface area contributed by atoms with Crippen molar-refractivity contribution in [1.29, 1.82) is 0 Å². The average Bonchev–Trinajstić information content (AvgIpc) is 2.85. The lowest BCUT2D eigenvalue weighted by atomic mass is 10.0. The molecular formula is C28H28N2O3. The molecule has 0 saturated heterocycles. The van der Waals surface area contributed by atoms with E-state index in [0.29, 0.717) is 18.8 Å². The summed E-state index contributed by atoms with van der Waals surface area (Å²) in [5, 5.41) is 3.87. The van der Waals surface area contributed by atoms with Gasteiger partial charge in [-0.25, -0.2) is 0 Å². The van der Waals surface area contributed by atoms with Crippen molar-refractivity contribution in [3.63, 3.8) is 0 Å². The van der Waals surface area contributed by atoms with Crippen LogP contribution in [0.1, 0.15) is 18.9 Å². The molecule has 0 aliphatic carbocycles. The summed E-state index contributed by atoms with van der Waals surface area (Å²) in [6, 6.07) is 27.3. The van der Waals surface area contributed by atoms with E-state index in [1.54, 1.807) is 10.6 Å². The second-order valence-corrected chi connectivity index (χ2v) is 7.97. The molecule has 33 heavy (non-hydrogen) atoms. The number of fused-ring (bicyclic) bond motifs is 1. The van der Waals surface area contributed by atoms with Crippen LogP contribution in [0.15, 0.2) is 89.7 Å². The molecule has 1 N–H and O–H groups in total. The van der Waals surface area contributed by atoms with Crippen molar-refractivity contribution in [1.82, 2.24) is 9.88 Å². The van der Waals surface area contributed by atoms with E-state index in [9.17, 15) is 9.59 Å². The second kappa shape index (κ2) is 10.6. The first-order chi connectivity index (χ1) is 16.2. The fraction of sp³-hybridized carbons (Fsp3) is 0.214. The fourth-order valence-electron chi connectivity index (χ4n) is 3.95. The van der Waals surface area contributed by atoms with E-state index in [2.05, 4.69) is 5.32 Å². The van der Waals surface area contributed by atoms with Crippen molar-refractivity contribution >= 4 is 16.8 Å². The number of hydrogen-bond donors (Lipinski definition) is 1. The first kappa shape index (κ1) is 22.3. The van der Waals surface area contributed by atoms with Gasteiger partial charge < -0.3 is 14.6 Å². The van der Waals surface area contributed by atoms with Crippen LogP contribution in [0.25, 0.3) is 22.0 Å². The standard InChI is InChI=1S/C28H28N2O3/c1-2-17-30-26-18-23(33-20-27(31)29-16-15-21-9-5-3-6-10-21)13-14-24(26)25(19-28(30)32)22-11-7-4-8-12-22/h3-14,18-19H,2,15-17,20H2,1H3,(H,29,31). The van der Waals surface area contributed by atoms with Gasteiger partial charge in [-0.15, -0.1) is 0 Å². The Bertz CT molecular complexity index is 1280. The van der Waals surface area contributed by atoms with E-state index < -0.39 is 0 Å². The predicted octanol–water partition coefficient (Wildman–Crippen LogP) is 4.82. The van der Waals surface area contributed by atoms with Crippen LogP contribution in [0.5, 0.6) is 5.75 Å². The fourth-order valence-corrected chi connectivity index (χ4v) is 3.95. The molecule has 1 heterocycles.